The monoisotopic (exact) mass is 449 g/mol. The maximum absolute atomic E-state index is 11.6. The number of carboxylic acids is 1. The lowest BCUT2D eigenvalue weighted by Gasteiger charge is -2.63. The second kappa shape index (κ2) is 8.57. The van der Waals surface area contributed by atoms with Gasteiger partial charge in [0.05, 0.1) is 12.2 Å². The first-order chi connectivity index (χ1) is 15.0. The molecule has 0 bridgehead atoms. The number of carboxylic acid groups (broad SMARTS) is 1. The fourth-order valence-corrected chi connectivity index (χ4v) is 9.13. The van der Waals surface area contributed by atoms with Gasteiger partial charge in [0.15, 0.2) is 0 Å². The van der Waals surface area contributed by atoms with E-state index in [2.05, 4.69) is 26.1 Å². The maximum Gasteiger partial charge on any atom is 0.303 e. The minimum atomic E-state index is -0.752. The summed E-state index contributed by atoms with van der Waals surface area (Å²) in [5.74, 6) is 0.986. The number of carbonyl (C=O) groups excluding carboxylic acids is 1. The number of nitrogens with one attached hydrogen (secondary N) is 1. The van der Waals surface area contributed by atoms with Crippen LogP contribution in [-0.4, -0.2) is 45.4 Å². The van der Waals surface area contributed by atoms with Crippen LogP contribution in [0.5, 0.6) is 0 Å². The highest BCUT2D eigenvalue weighted by atomic mass is 16.4. The Bertz CT molecular complexity index is 742. The predicted octanol–water partition coefficient (Wildman–Crippen LogP) is 3.59. The highest BCUT2D eigenvalue weighted by Crippen LogP contribution is 2.68. The molecule has 4 fully saturated rings. The van der Waals surface area contributed by atoms with Crippen LogP contribution in [0.3, 0.4) is 0 Å². The highest BCUT2D eigenvalue weighted by Gasteiger charge is 2.65. The summed E-state index contributed by atoms with van der Waals surface area (Å²) in [7, 11) is 0. The highest BCUT2D eigenvalue weighted by molar-refractivity contribution is 5.73. The molecular formula is C26H43NO5. The number of hydrogen-bond acceptors (Lipinski definition) is 4. The van der Waals surface area contributed by atoms with Crippen molar-refractivity contribution in [1.82, 2.24) is 5.32 Å². The Morgan fingerprint density at radius 2 is 1.78 bits per heavy atom. The lowest BCUT2D eigenvalue weighted by molar-refractivity contribution is -0.202. The van der Waals surface area contributed by atoms with Gasteiger partial charge in [-0.3, -0.25) is 9.59 Å². The van der Waals surface area contributed by atoms with E-state index in [4.69, 9.17) is 5.11 Å². The van der Waals surface area contributed by atoms with Crippen molar-refractivity contribution in [2.45, 2.75) is 104 Å². The normalized spacial score (nSPS) is 48.8. The minimum absolute atomic E-state index is 0.0192. The molecule has 4 aliphatic rings. The van der Waals surface area contributed by atoms with Crippen molar-refractivity contribution in [3.8, 4) is 0 Å². The van der Waals surface area contributed by atoms with E-state index in [-0.39, 0.29) is 53.1 Å². The second-order valence-electron chi connectivity index (χ2n) is 12.2. The van der Waals surface area contributed by atoms with Crippen LogP contribution in [0, 0.1) is 46.3 Å². The van der Waals surface area contributed by atoms with Gasteiger partial charge in [0.2, 0.25) is 5.91 Å². The van der Waals surface area contributed by atoms with Crippen LogP contribution in [0.4, 0.5) is 0 Å². The fourth-order valence-electron chi connectivity index (χ4n) is 9.13. The molecule has 0 aromatic rings. The molecule has 0 aromatic carbocycles. The lowest BCUT2D eigenvalue weighted by atomic mass is 9.43. The summed E-state index contributed by atoms with van der Waals surface area (Å²) in [6.07, 6.45) is 6.53. The minimum Gasteiger partial charge on any atom is -0.481 e. The van der Waals surface area contributed by atoms with E-state index < -0.39 is 12.1 Å². The largest absolute Gasteiger partial charge is 0.481 e. The van der Waals surface area contributed by atoms with Gasteiger partial charge in [-0.25, -0.2) is 0 Å². The smallest absolute Gasteiger partial charge is 0.303 e. The van der Waals surface area contributed by atoms with Gasteiger partial charge < -0.3 is 20.6 Å². The van der Waals surface area contributed by atoms with E-state index in [0.29, 0.717) is 24.2 Å². The summed E-state index contributed by atoms with van der Waals surface area (Å²) in [6.45, 7) is 8.33. The van der Waals surface area contributed by atoms with Crippen LogP contribution in [-0.2, 0) is 9.59 Å². The van der Waals surface area contributed by atoms with Gasteiger partial charge in [0.25, 0.3) is 0 Å². The Kier molecular flexibility index (Phi) is 6.43. The molecule has 0 spiro atoms. The molecule has 4 saturated carbocycles. The zero-order chi connectivity index (χ0) is 23.4. The number of amides is 1. The third-order valence-corrected chi connectivity index (χ3v) is 10.8. The molecule has 4 N–H and O–H groups in total. The van der Waals surface area contributed by atoms with Crippen molar-refractivity contribution in [3.05, 3.63) is 0 Å². The molecule has 4 rings (SSSR count). The van der Waals surface area contributed by atoms with Gasteiger partial charge in [-0.05, 0) is 97.7 Å². The van der Waals surface area contributed by atoms with Crippen molar-refractivity contribution in [3.63, 3.8) is 0 Å². The number of rotatable bonds is 5. The van der Waals surface area contributed by atoms with E-state index in [9.17, 15) is 19.8 Å². The molecule has 1 amide bonds. The molecule has 6 heteroatoms. The Morgan fingerprint density at radius 3 is 2.44 bits per heavy atom. The Balaban J connectivity index is 1.56. The van der Waals surface area contributed by atoms with Crippen LogP contribution in [0.25, 0.3) is 0 Å². The van der Waals surface area contributed by atoms with E-state index in [1.54, 1.807) is 6.92 Å². The van der Waals surface area contributed by atoms with E-state index in [0.717, 1.165) is 44.9 Å². The molecule has 0 aromatic heterocycles. The van der Waals surface area contributed by atoms with Gasteiger partial charge in [-0.1, -0.05) is 20.8 Å². The maximum atomic E-state index is 11.6. The van der Waals surface area contributed by atoms with Crippen LogP contribution in [0.2, 0.25) is 0 Å². The summed E-state index contributed by atoms with van der Waals surface area (Å²) < 4.78 is 0. The Hall–Kier alpha value is -1.14. The molecule has 0 heterocycles. The van der Waals surface area contributed by atoms with Crippen molar-refractivity contribution in [2.24, 2.45) is 46.3 Å². The average Bonchev–Trinajstić information content (AvgIpc) is 3.06. The van der Waals surface area contributed by atoms with Crippen LogP contribution in [0.15, 0.2) is 0 Å². The molecular weight excluding hydrogens is 406 g/mol. The first-order valence-corrected chi connectivity index (χ1v) is 12.8. The number of fused-ring (bicyclic) bond motifs is 5. The third-order valence-electron chi connectivity index (χ3n) is 10.8. The van der Waals surface area contributed by atoms with Gasteiger partial charge in [0.1, 0.15) is 0 Å². The predicted molar refractivity (Wildman–Crippen MR) is 122 cm³/mol. The van der Waals surface area contributed by atoms with Crippen LogP contribution in [0.1, 0.15) is 85.5 Å². The van der Waals surface area contributed by atoms with Crippen molar-refractivity contribution >= 4 is 11.9 Å². The molecule has 0 saturated heterocycles. The number of hydrogen-bond donors (Lipinski definition) is 4. The zero-order valence-corrected chi connectivity index (χ0v) is 20.2. The van der Waals surface area contributed by atoms with Crippen molar-refractivity contribution in [1.29, 1.82) is 0 Å². The summed E-state index contributed by atoms with van der Waals surface area (Å²) in [4.78, 5) is 22.7. The van der Waals surface area contributed by atoms with E-state index >= 15 is 0 Å². The molecule has 182 valence electrons. The lowest BCUT2D eigenvalue weighted by Crippen LogP contribution is -2.63. The Labute approximate surface area is 192 Å². The standard InChI is InChI=1S/C26H43NO5/c1-14(5-8-23(31)32)18-6-7-19-24-20(13-22(30)26(18,19)4)25(3)10-9-17(27-15(2)28)11-16(25)12-21(24)29/h14,16-22,24,29-30H,5-13H2,1-4H3,(H,27,28)(H,31,32). The first kappa shape index (κ1) is 24.0. The average molecular weight is 450 g/mol. The molecule has 11 atom stereocenters. The summed E-state index contributed by atoms with van der Waals surface area (Å²) in [6, 6.07) is 0.194. The summed E-state index contributed by atoms with van der Waals surface area (Å²) in [5.41, 5.74) is -0.162. The van der Waals surface area contributed by atoms with E-state index in [1.165, 1.54) is 0 Å². The summed E-state index contributed by atoms with van der Waals surface area (Å²) >= 11 is 0. The van der Waals surface area contributed by atoms with Crippen LogP contribution < -0.4 is 5.32 Å². The van der Waals surface area contributed by atoms with Crippen molar-refractivity contribution in [2.75, 3.05) is 0 Å². The number of aliphatic hydroxyl groups excluding tert-OH is 2. The number of aliphatic carboxylic acids is 1. The van der Waals surface area contributed by atoms with Gasteiger partial charge in [0, 0.05) is 19.4 Å². The van der Waals surface area contributed by atoms with Crippen LogP contribution >= 0.6 is 0 Å². The molecule has 6 nitrogen and oxygen atoms in total. The van der Waals surface area contributed by atoms with E-state index in [1.807, 2.05) is 0 Å². The Morgan fingerprint density at radius 1 is 1.06 bits per heavy atom. The third kappa shape index (κ3) is 3.79. The topological polar surface area (TPSA) is 107 Å². The van der Waals surface area contributed by atoms with Gasteiger partial charge >= 0.3 is 5.97 Å². The molecule has 4 aliphatic carbocycles. The first-order valence-electron chi connectivity index (χ1n) is 12.8. The zero-order valence-electron chi connectivity index (χ0n) is 20.2. The molecule has 0 radical (unpaired) electrons. The van der Waals surface area contributed by atoms with Gasteiger partial charge in [-0.15, -0.1) is 0 Å². The SMILES string of the molecule is CC(=O)NC1CCC2(C)C(C1)CC(O)C1C2CC(O)C2(C)C(C(C)CCC(=O)O)CCC12. The molecule has 0 aliphatic heterocycles. The molecule has 11 unspecified atom stereocenters. The van der Waals surface area contributed by atoms with Crippen molar-refractivity contribution < 1.29 is 24.9 Å². The fraction of sp³-hybridized carbons (Fsp3) is 0.923. The quantitative estimate of drug-likeness (QED) is 0.513. The molecule has 32 heavy (non-hydrogen) atoms. The summed E-state index contributed by atoms with van der Waals surface area (Å²) in [5, 5.41) is 35.2. The van der Waals surface area contributed by atoms with Gasteiger partial charge in [-0.2, -0.15) is 0 Å². The second-order valence-corrected chi connectivity index (χ2v) is 12.2. The number of carbonyl (C=O) groups is 2. The number of aliphatic hydroxyl groups is 2.